The number of phosphoric ester groups is 1. The predicted molar refractivity (Wildman–Crippen MR) is 82.4 cm³/mol. The van der Waals surface area contributed by atoms with Crippen molar-refractivity contribution in [1.82, 2.24) is 0 Å². The maximum Gasteiger partial charge on any atom is 0.470 e. The van der Waals surface area contributed by atoms with Crippen molar-refractivity contribution in [2.45, 2.75) is 22.2 Å². The lowest BCUT2D eigenvalue weighted by Gasteiger charge is -2.40. The Morgan fingerprint density at radius 2 is 1.61 bits per heavy atom. The summed E-state index contributed by atoms with van der Waals surface area (Å²) >= 11 is 23.9. The Kier molecular flexibility index (Phi) is 10.0. The van der Waals surface area contributed by atoms with Crippen LogP contribution >= 0.6 is 74.5 Å². The van der Waals surface area contributed by atoms with Crippen LogP contribution in [-0.2, 0) is 9.09 Å². The van der Waals surface area contributed by atoms with Crippen molar-refractivity contribution in [2.75, 3.05) is 17.6 Å². The third-order valence-electron chi connectivity index (χ3n) is 2.48. The van der Waals surface area contributed by atoms with Crippen molar-refractivity contribution in [1.29, 1.82) is 0 Å². The topological polar surface area (TPSA) is 66.8 Å². The van der Waals surface area contributed by atoms with Crippen LogP contribution in [0.15, 0.2) is 0 Å². The fourth-order valence-corrected chi connectivity index (χ4v) is 5.31. The van der Waals surface area contributed by atoms with Gasteiger partial charge < -0.3 is 9.79 Å². The minimum Gasteiger partial charge on any atom is -0.303 e. The van der Waals surface area contributed by atoms with Gasteiger partial charge in [-0.25, -0.2) is 4.57 Å². The van der Waals surface area contributed by atoms with Gasteiger partial charge >= 0.3 is 7.82 Å². The molecule has 0 fully saturated rings. The van der Waals surface area contributed by atoms with Gasteiger partial charge in [-0.3, -0.25) is 4.52 Å². The number of hydrogen-bond donors (Lipinski definition) is 2. The Hall–Kier alpha value is 1.94. The lowest BCUT2D eigenvalue weighted by molar-refractivity contribution is -0.00875. The number of rotatable bonds is 9. The molecule has 0 rings (SSSR count). The van der Waals surface area contributed by atoms with Crippen LogP contribution in [-0.4, -0.2) is 36.8 Å². The van der Waals surface area contributed by atoms with Gasteiger partial charge in [-0.15, -0.1) is 34.8 Å². The van der Waals surface area contributed by atoms with E-state index in [4.69, 9.17) is 49.1 Å². The molecule has 0 bridgehead atoms. The fourth-order valence-electron chi connectivity index (χ4n) is 1.65. The molecule has 0 aromatic rings. The zero-order valence-electron chi connectivity index (χ0n) is 9.24. The summed E-state index contributed by atoms with van der Waals surface area (Å²) in [5.41, 5.74) is -1.18. The molecule has 110 valence electrons. The van der Waals surface area contributed by atoms with Crippen molar-refractivity contribution < 1.29 is 18.9 Å². The molecule has 0 aliphatic heterocycles. The summed E-state index contributed by atoms with van der Waals surface area (Å²) in [5, 5.41) is 0. The van der Waals surface area contributed by atoms with E-state index in [1.165, 1.54) is 0 Å². The average molecular weight is 471 g/mol. The molecule has 2 N–H and O–H groups in total. The first kappa shape index (κ1) is 19.9. The molecule has 4 nitrogen and oxygen atoms in total. The Bertz CT molecular complexity index is 284. The molecule has 0 amide bonds. The van der Waals surface area contributed by atoms with Crippen molar-refractivity contribution in [3.05, 3.63) is 0 Å². The normalized spacial score (nSPS) is 15.1. The molecule has 0 aliphatic rings. The van der Waals surface area contributed by atoms with E-state index < -0.39 is 19.3 Å². The van der Waals surface area contributed by atoms with Crippen LogP contribution in [0.3, 0.4) is 0 Å². The zero-order valence-corrected chi connectivity index (χ0v) is 15.6. The van der Waals surface area contributed by atoms with Crippen LogP contribution in [0.1, 0.15) is 12.8 Å². The molecule has 0 saturated heterocycles. The third-order valence-corrected chi connectivity index (χ3v) is 5.07. The van der Waals surface area contributed by atoms with Gasteiger partial charge in [0.25, 0.3) is 0 Å². The van der Waals surface area contributed by atoms with E-state index in [1.54, 1.807) is 0 Å². The summed E-state index contributed by atoms with van der Waals surface area (Å²) in [6.45, 7) is 0. The van der Waals surface area contributed by atoms with Crippen LogP contribution < -0.4 is 0 Å². The summed E-state index contributed by atoms with van der Waals surface area (Å²) in [5.74, 6) is 0.0902. The van der Waals surface area contributed by atoms with Gasteiger partial charge in [-0.1, -0.05) is 31.9 Å². The Morgan fingerprint density at radius 3 is 1.83 bits per heavy atom. The summed E-state index contributed by atoms with van der Waals surface area (Å²) in [6.07, 6.45) is 0.467. The standard InChI is InChI=1S/C8H14Br2Cl3O4P/c9-7(10)6(5-13)8(1-3-11,2-4-12)17-18(14,15)16/h6-7H,1-5H2,(H2,14,15,16). The Morgan fingerprint density at radius 1 is 1.17 bits per heavy atom. The monoisotopic (exact) mass is 468 g/mol. The molecule has 1 unspecified atom stereocenters. The summed E-state index contributed by atoms with van der Waals surface area (Å²) < 4.78 is 15.8. The number of halogens is 5. The minimum atomic E-state index is -4.67. The highest BCUT2D eigenvalue weighted by Gasteiger charge is 2.45. The van der Waals surface area contributed by atoms with E-state index in [9.17, 15) is 4.57 Å². The molecule has 0 spiro atoms. The second kappa shape index (κ2) is 9.06. The van der Waals surface area contributed by atoms with Gasteiger partial charge in [-0.2, -0.15) is 0 Å². The summed E-state index contributed by atoms with van der Waals surface area (Å²) in [7, 11) is -4.67. The summed E-state index contributed by atoms with van der Waals surface area (Å²) in [4.78, 5) is 18.1. The highest BCUT2D eigenvalue weighted by Crippen LogP contribution is 2.49. The van der Waals surface area contributed by atoms with E-state index in [1.807, 2.05) is 0 Å². The molecular formula is C8H14Br2Cl3O4P. The maximum absolute atomic E-state index is 11.2. The molecule has 18 heavy (non-hydrogen) atoms. The Balaban J connectivity index is 5.36. The maximum atomic E-state index is 11.2. The van der Waals surface area contributed by atoms with Crippen LogP contribution in [0.5, 0.6) is 0 Å². The number of alkyl halides is 5. The molecule has 0 heterocycles. The second-order valence-corrected chi connectivity index (χ2v) is 9.05. The van der Waals surface area contributed by atoms with E-state index >= 15 is 0 Å². The van der Waals surface area contributed by atoms with Crippen molar-refractivity contribution in [3.8, 4) is 0 Å². The number of phosphoric acid groups is 1. The zero-order chi connectivity index (χ0) is 14.4. The second-order valence-electron chi connectivity index (χ2n) is 3.62. The van der Waals surface area contributed by atoms with Crippen molar-refractivity contribution in [3.63, 3.8) is 0 Å². The van der Waals surface area contributed by atoms with Gasteiger partial charge in [0.1, 0.15) is 0 Å². The molecule has 0 aliphatic carbocycles. The highest BCUT2D eigenvalue weighted by molar-refractivity contribution is 9.24. The first-order valence-corrected chi connectivity index (χ1v) is 9.91. The van der Waals surface area contributed by atoms with Gasteiger partial charge in [0.15, 0.2) is 0 Å². The third kappa shape index (κ3) is 6.59. The van der Waals surface area contributed by atoms with E-state index in [-0.39, 0.29) is 34.2 Å². The van der Waals surface area contributed by atoms with E-state index in [0.717, 1.165) is 0 Å². The van der Waals surface area contributed by atoms with Crippen molar-refractivity contribution >= 4 is 74.5 Å². The Labute approximate surface area is 138 Å². The molecule has 1 atom stereocenters. The highest BCUT2D eigenvalue weighted by atomic mass is 79.9. The number of hydrogen-bond acceptors (Lipinski definition) is 2. The van der Waals surface area contributed by atoms with E-state index in [2.05, 4.69) is 31.9 Å². The largest absolute Gasteiger partial charge is 0.470 e. The minimum absolute atomic E-state index is 0.134. The molecular weight excluding hydrogens is 457 g/mol. The molecule has 0 aromatic heterocycles. The predicted octanol–water partition coefficient (Wildman–Crippen LogP) is 4.06. The van der Waals surface area contributed by atoms with Gasteiger partial charge in [0, 0.05) is 23.6 Å². The van der Waals surface area contributed by atoms with Crippen LogP contribution in [0.25, 0.3) is 0 Å². The van der Waals surface area contributed by atoms with Crippen LogP contribution in [0.2, 0.25) is 0 Å². The first-order chi connectivity index (χ1) is 8.22. The lowest BCUT2D eigenvalue weighted by Crippen LogP contribution is -2.45. The fraction of sp³-hybridized carbons (Fsp3) is 1.00. The average Bonchev–Trinajstić information content (AvgIpc) is 2.15. The first-order valence-electron chi connectivity index (χ1n) is 4.94. The smallest absolute Gasteiger partial charge is 0.303 e. The van der Waals surface area contributed by atoms with Crippen molar-refractivity contribution in [2.24, 2.45) is 5.92 Å². The molecule has 10 heteroatoms. The molecule has 0 saturated carbocycles. The van der Waals surface area contributed by atoms with Crippen LogP contribution in [0, 0.1) is 5.92 Å². The van der Waals surface area contributed by atoms with Gasteiger partial charge in [-0.05, 0) is 12.8 Å². The summed E-state index contributed by atoms with van der Waals surface area (Å²) in [6, 6.07) is 0. The lowest BCUT2D eigenvalue weighted by atomic mass is 9.85. The van der Waals surface area contributed by atoms with Crippen LogP contribution in [0.4, 0.5) is 0 Å². The van der Waals surface area contributed by atoms with Gasteiger partial charge in [0.05, 0.1) is 9.34 Å². The van der Waals surface area contributed by atoms with Gasteiger partial charge in [0.2, 0.25) is 0 Å². The molecule has 0 aromatic carbocycles. The quantitative estimate of drug-likeness (QED) is 0.393. The SMILES string of the molecule is O=P(O)(O)OC(CCCl)(CCCl)C(CCl)C(Br)Br. The molecule has 0 radical (unpaired) electrons. The van der Waals surface area contributed by atoms with E-state index in [0.29, 0.717) is 0 Å².